The Bertz CT molecular complexity index is 1020. The third kappa shape index (κ3) is 3.21. The number of H-pyrrole nitrogens is 1. The van der Waals surface area contributed by atoms with E-state index in [1.807, 2.05) is 45.9 Å². The van der Waals surface area contributed by atoms with Crippen molar-refractivity contribution in [2.75, 3.05) is 0 Å². The van der Waals surface area contributed by atoms with Gasteiger partial charge in [0.25, 0.3) is 0 Å². The highest BCUT2D eigenvalue weighted by Crippen LogP contribution is 2.35. The van der Waals surface area contributed by atoms with Gasteiger partial charge in [-0.25, -0.2) is 0 Å². The summed E-state index contributed by atoms with van der Waals surface area (Å²) >= 11 is 6.05. The number of allylic oxidation sites excluding steroid dienone is 1. The van der Waals surface area contributed by atoms with Gasteiger partial charge in [0.05, 0.1) is 11.5 Å². The highest BCUT2D eigenvalue weighted by Gasteiger charge is 2.17. The first-order valence-electron chi connectivity index (χ1n) is 7.78. The van der Waals surface area contributed by atoms with Gasteiger partial charge in [-0.1, -0.05) is 0 Å². The predicted octanol–water partition coefficient (Wildman–Crippen LogP) is 5.17. The number of aromatic nitrogens is 3. The number of nitrogens with one attached hydrogen (secondary N) is 1. The Morgan fingerprint density at radius 3 is 2.48 bits per heavy atom. The maximum absolute atomic E-state index is 8.68. The molecule has 6 heteroatoms. The molecule has 0 aliphatic carbocycles. The topological polar surface area (TPSA) is 74.6 Å². The van der Waals surface area contributed by atoms with E-state index in [-0.39, 0.29) is 5.28 Å². The summed E-state index contributed by atoms with van der Waals surface area (Å²) in [6, 6.07) is 5.92. The van der Waals surface area contributed by atoms with E-state index in [4.69, 9.17) is 21.6 Å². The zero-order chi connectivity index (χ0) is 18.1. The van der Waals surface area contributed by atoms with Crippen molar-refractivity contribution in [1.82, 2.24) is 15.0 Å². The molecule has 3 aromatic rings. The first-order chi connectivity index (χ1) is 11.9. The second kappa shape index (κ2) is 6.58. The van der Waals surface area contributed by atoms with Crippen molar-refractivity contribution in [2.45, 2.75) is 27.7 Å². The molecule has 3 rings (SSSR count). The van der Waals surface area contributed by atoms with Crippen LogP contribution in [0.5, 0.6) is 11.6 Å². The summed E-state index contributed by atoms with van der Waals surface area (Å²) in [5, 5.41) is 9.64. The highest BCUT2D eigenvalue weighted by molar-refractivity contribution is 6.28. The Labute approximate surface area is 150 Å². The predicted molar refractivity (Wildman–Crippen MR) is 99.0 cm³/mol. The van der Waals surface area contributed by atoms with E-state index in [9.17, 15) is 0 Å². The number of hydrogen-bond acceptors (Lipinski definition) is 4. The van der Waals surface area contributed by atoms with Gasteiger partial charge in [0.15, 0.2) is 0 Å². The number of nitrogens with zero attached hydrogens (tertiary/aromatic N) is 3. The average molecular weight is 353 g/mol. The molecule has 0 saturated heterocycles. The minimum atomic E-state index is 0.132. The van der Waals surface area contributed by atoms with Gasteiger partial charge in [-0.2, -0.15) is 15.2 Å². The largest absolute Gasteiger partial charge is 0.438 e. The number of ether oxygens (including phenoxy) is 1. The van der Waals surface area contributed by atoms with E-state index in [1.165, 1.54) is 6.08 Å². The van der Waals surface area contributed by atoms with Crippen LogP contribution in [0.3, 0.4) is 0 Å². The molecule has 1 N–H and O–H groups in total. The number of fused-ring (bicyclic) bond motifs is 1. The Hall–Kier alpha value is -2.84. The maximum atomic E-state index is 8.68. The molecule has 1 aromatic carbocycles. The third-order valence-electron chi connectivity index (χ3n) is 4.12. The molecule has 0 unspecified atom stereocenters. The molecule has 0 bridgehead atoms. The Balaban J connectivity index is 2.11. The van der Waals surface area contributed by atoms with Crippen molar-refractivity contribution in [2.24, 2.45) is 0 Å². The molecule has 0 aliphatic heterocycles. The summed E-state index contributed by atoms with van der Waals surface area (Å²) in [5.74, 6) is 1.16. The van der Waals surface area contributed by atoms with Crippen molar-refractivity contribution in [3.8, 4) is 17.7 Å². The summed E-state index contributed by atoms with van der Waals surface area (Å²) in [5.41, 5.74) is 5.54. The molecule has 0 aliphatic rings. The lowest BCUT2D eigenvalue weighted by atomic mass is 10.1. The van der Waals surface area contributed by atoms with Crippen LogP contribution in [0.4, 0.5) is 0 Å². The molecule has 0 atom stereocenters. The molecular formula is C19H17ClN4O. The summed E-state index contributed by atoms with van der Waals surface area (Å²) in [6.45, 7) is 7.89. The molecule has 0 fully saturated rings. The third-order valence-corrected chi connectivity index (χ3v) is 4.29. The van der Waals surface area contributed by atoms with Gasteiger partial charge in [-0.3, -0.25) is 0 Å². The summed E-state index contributed by atoms with van der Waals surface area (Å²) in [6.07, 6.45) is 3.22. The first-order valence-corrected chi connectivity index (χ1v) is 8.16. The van der Waals surface area contributed by atoms with E-state index in [1.54, 1.807) is 6.08 Å². The molecule has 0 saturated carbocycles. The van der Waals surface area contributed by atoms with Crippen LogP contribution in [0.2, 0.25) is 5.28 Å². The van der Waals surface area contributed by atoms with Gasteiger partial charge in [0, 0.05) is 11.8 Å². The van der Waals surface area contributed by atoms with E-state index in [2.05, 4.69) is 15.0 Å². The van der Waals surface area contributed by atoms with Crippen molar-refractivity contribution < 1.29 is 4.74 Å². The average Bonchev–Trinajstić information content (AvgIpc) is 2.83. The number of nitriles is 1. The molecule has 5 nitrogen and oxygen atoms in total. The van der Waals surface area contributed by atoms with Crippen molar-refractivity contribution in [3.05, 3.63) is 51.4 Å². The SMILES string of the molecule is Cc1cc(/C=C/C#N)cc(C)c1Oc1nc(Cl)nc2[nH]c(C)c(C)c12. The molecule has 0 spiro atoms. The van der Waals surface area contributed by atoms with Gasteiger partial charge in [0.2, 0.25) is 11.2 Å². The number of aromatic amines is 1. The quantitative estimate of drug-likeness (QED) is 0.521. The van der Waals surface area contributed by atoms with Crippen molar-refractivity contribution >= 4 is 28.7 Å². The lowest BCUT2D eigenvalue weighted by molar-refractivity contribution is 0.461. The Kier molecular flexibility index (Phi) is 4.47. The first kappa shape index (κ1) is 17.0. The van der Waals surface area contributed by atoms with Crippen molar-refractivity contribution in [3.63, 3.8) is 0 Å². The lowest BCUT2D eigenvalue weighted by Crippen LogP contribution is -1.97. The number of benzene rings is 1. The molecule has 126 valence electrons. The van der Waals surface area contributed by atoms with Crippen LogP contribution in [-0.4, -0.2) is 15.0 Å². The van der Waals surface area contributed by atoms with Gasteiger partial charge < -0.3 is 9.72 Å². The summed E-state index contributed by atoms with van der Waals surface area (Å²) in [7, 11) is 0. The van der Waals surface area contributed by atoms with Crippen LogP contribution < -0.4 is 4.74 Å². The standard InChI is InChI=1S/C19H17ClN4O/c1-10-8-14(6-5-7-21)9-11(2)16(10)25-18-15-12(3)13(4)22-17(15)23-19(20)24-18/h5-6,8-9H,1-4H3,(H,22,23,24)/b6-5+. The normalized spacial score (nSPS) is 11.2. The molecule has 0 radical (unpaired) electrons. The number of rotatable bonds is 3. The van der Waals surface area contributed by atoms with Crippen LogP contribution in [0.1, 0.15) is 27.9 Å². The highest BCUT2D eigenvalue weighted by atomic mass is 35.5. The lowest BCUT2D eigenvalue weighted by Gasteiger charge is -2.13. The zero-order valence-electron chi connectivity index (χ0n) is 14.4. The molecule has 25 heavy (non-hydrogen) atoms. The maximum Gasteiger partial charge on any atom is 0.233 e. The summed E-state index contributed by atoms with van der Waals surface area (Å²) < 4.78 is 6.14. The minimum absolute atomic E-state index is 0.132. The molecule has 0 amide bonds. The zero-order valence-corrected chi connectivity index (χ0v) is 15.2. The van der Waals surface area contributed by atoms with Crippen LogP contribution in [-0.2, 0) is 0 Å². The number of aryl methyl sites for hydroxylation is 4. The fourth-order valence-corrected chi connectivity index (χ4v) is 3.01. The van der Waals surface area contributed by atoms with Crippen LogP contribution >= 0.6 is 11.6 Å². The van der Waals surface area contributed by atoms with Gasteiger partial charge >= 0.3 is 0 Å². The molecule has 2 heterocycles. The monoisotopic (exact) mass is 352 g/mol. The smallest absolute Gasteiger partial charge is 0.233 e. The van der Waals surface area contributed by atoms with Crippen molar-refractivity contribution in [1.29, 1.82) is 5.26 Å². The van der Waals surface area contributed by atoms with E-state index >= 15 is 0 Å². The van der Waals surface area contributed by atoms with E-state index in [0.29, 0.717) is 11.5 Å². The van der Waals surface area contributed by atoms with Gasteiger partial charge in [0.1, 0.15) is 11.4 Å². The fraction of sp³-hybridized carbons (Fsp3) is 0.211. The van der Waals surface area contributed by atoms with Gasteiger partial charge in [-0.15, -0.1) is 0 Å². The van der Waals surface area contributed by atoms with Crippen LogP contribution in [0.25, 0.3) is 17.1 Å². The summed E-state index contributed by atoms with van der Waals surface area (Å²) in [4.78, 5) is 11.7. The fourth-order valence-electron chi connectivity index (χ4n) is 2.85. The Morgan fingerprint density at radius 2 is 1.84 bits per heavy atom. The molecule has 2 aromatic heterocycles. The Morgan fingerprint density at radius 1 is 1.16 bits per heavy atom. The molecular weight excluding hydrogens is 336 g/mol. The van der Waals surface area contributed by atoms with E-state index < -0.39 is 0 Å². The number of halogens is 1. The second-order valence-corrected chi connectivity index (χ2v) is 6.28. The second-order valence-electron chi connectivity index (χ2n) is 5.94. The minimum Gasteiger partial charge on any atom is -0.438 e. The number of hydrogen-bond donors (Lipinski definition) is 1. The van der Waals surface area contributed by atoms with Crippen LogP contribution in [0.15, 0.2) is 18.2 Å². The van der Waals surface area contributed by atoms with E-state index in [0.717, 1.165) is 39.1 Å². The van der Waals surface area contributed by atoms with Crippen LogP contribution in [0, 0.1) is 39.0 Å². The van der Waals surface area contributed by atoms with Gasteiger partial charge in [-0.05, 0) is 79.8 Å².